The molecule has 34 heavy (non-hydrogen) atoms. The number of aromatic nitrogens is 1. The van der Waals surface area contributed by atoms with Crippen molar-refractivity contribution in [3.63, 3.8) is 0 Å². The average Bonchev–Trinajstić information content (AvgIpc) is 3.15. The van der Waals surface area contributed by atoms with E-state index in [1.807, 2.05) is 43.3 Å². The molecule has 2 aromatic carbocycles. The van der Waals surface area contributed by atoms with Crippen molar-refractivity contribution in [1.29, 1.82) is 0 Å². The summed E-state index contributed by atoms with van der Waals surface area (Å²) in [4.78, 5) is 33.3. The highest BCUT2D eigenvalue weighted by Crippen LogP contribution is 2.41. The molecule has 2 aromatic heterocycles. The number of hydrogen-bond acceptors (Lipinski definition) is 5. The lowest BCUT2D eigenvalue weighted by atomic mass is 9.98. The van der Waals surface area contributed by atoms with Crippen LogP contribution in [-0.4, -0.2) is 17.5 Å². The lowest BCUT2D eigenvalue weighted by Crippen LogP contribution is -2.30. The van der Waals surface area contributed by atoms with E-state index in [9.17, 15) is 9.59 Å². The average molecular weight is 455 g/mol. The summed E-state index contributed by atoms with van der Waals surface area (Å²) in [6.45, 7) is 4.69. The van der Waals surface area contributed by atoms with Crippen molar-refractivity contribution >= 4 is 22.7 Å². The summed E-state index contributed by atoms with van der Waals surface area (Å²) in [5.41, 5.74) is 2.25. The summed E-state index contributed by atoms with van der Waals surface area (Å²) in [6.07, 6.45) is 4.82. The summed E-state index contributed by atoms with van der Waals surface area (Å²) >= 11 is 0. The molecule has 6 heteroatoms. The normalized spacial score (nSPS) is 15.1. The van der Waals surface area contributed by atoms with E-state index in [0.29, 0.717) is 34.7 Å². The number of benzene rings is 2. The van der Waals surface area contributed by atoms with Crippen molar-refractivity contribution in [3.8, 4) is 5.75 Å². The minimum atomic E-state index is -0.669. The van der Waals surface area contributed by atoms with Crippen molar-refractivity contribution in [1.82, 2.24) is 4.98 Å². The van der Waals surface area contributed by atoms with E-state index in [1.165, 1.54) is 4.90 Å². The van der Waals surface area contributed by atoms with Gasteiger partial charge in [0, 0.05) is 6.20 Å². The Bertz CT molecular complexity index is 1410. The first kappa shape index (κ1) is 21.9. The van der Waals surface area contributed by atoms with Crippen LogP contribution in [0.3, 0.4) is 0 Å². The number of fused-ring (bicyclic) bond motifs is 2. The van der Waals surface area contributed by atoms with Gasteiger partial charge in [-0.25, -0.2) is 4.98 Å². The monoisotopic (exact) mass is 454 g/mol. The van der Waals surface area contributed by atoms with Crippen LogP contribution in [0.2, 0.25) is 0 Å². The molecule has 0 saturated carbocycles. The number of carbonyl (C=O) groups is 1. The van der Waals surface area contributed by atoms with Crippen LogP contribution in [-0.2, 0) is 0 Å². The van der Waals surface area contributed by atoms with Crippen LogP contribution in [0.25, 0.3) is 11.0 Å². The number of hydrogen-bond donors (Lipinski definition) is 0. The number of anilines is 1. The number of pyridine rings is 1. The molecule has 6 nitrogen and oxygen atoms in total. The maximum absolute atomic E-state index is 13.7. The van der Waals surface area contributed by atoms with Crippen molar-refractivity contribution in [3.05, 3.63) is 99.5 Å². The van der Waals surface area contributed by atoms with Crippen LogP contribution in [0, 0.1) is 6.92 Å². The highest BCUT2D eigenvalue weighted by Gasteiger charge is 2.44. The maximum atomic E-state index is 13.7. The first-order chi connectivity index (χ1) is 16.6. The number of nitrogens with zero attached hydrogens (tertiary/aromatic N) is 2. The van der Waals surface area contributed by atoms with Crippen LogP contribution >= 0.6 is 0 Å². The Balaban J connectivity index is 1.67. The molecule has 0 aliphatic carbocycles. The molecule has 0 saturated heterocycles. The number of ether oxygens (including phenoxy) is 1. The molecule has 1 amide bonds. The lowest BCUT2D eigenvalue weighted by molar-refractivity contribution is 0.0970. The molecule has 4 aromatic rings. The first-order valence-electron chi connectivity index (χ1n) is 11.6. The smallest absolute Gasteiger partial charge is 0.296 e. The van der Waals surface area contributed by atoms with Crippen molar-refractivity contribution in [2.45, 2.75) is 39.2 Å². The standard InChI is InChI=1S/C28H26N2O4/c1-3-4-7-15-33-20-10-8-9-19(17-20)25-24-26(31)21-16-18(2)12-13-22(21)34-27(24)28(32)30(25)23-11-5-6-14-29-23/h5-6,8-14,16-17,25H,3-4,7,15H2,1-2H3. The molecule has 0 N–H and O–H groups in total. The van der Waals surface area contributed by atoms with Gasteiger partial charge < -0.3 is 9.15 Å². The number of unbranched alkanes of at least 4 members (excludes halogenated alkanes) is 2. The molecule has 0 bridgehead atoms. The molecular weight excluding hydrogens is 428 g/mol. The minimum Gasteiger partial charge on any atom is -0.494 e. The lowest BCUT2D eigenvalue weighted by Gasteiger charge is -2.24. The zero-order chi connectivity index (χ0) is 23.7. The van der Waals surface area contributed by atoms with Gasteiger partial charge in [-0.15, -0.1) is 0 Å². The molecule has 1 atom stereocenters. The zero-order valence-corrected chi connectivity index (χ0v) is 19.3. The van der Waals surface area contributed by atoms with Crippen LogP contribution in [0.1, 0.15) is 59.5 Å². The number of amides is 1. The van der Waals surface area contributed by atoms with Gasteiger partial charge in [0.2, 0.25) is 5.76 Å². The van der Waals surface area contributed by atoms with E-state index in [2.05, 4.69) is 11.9 Å². The summed E-state index contributed by atoms with van der Waals surface area (Å²) in [5, 5.41) is 0.464. The van der Waals surface area contributed by atoms with Gasteiger partial charge in [0.25, 0.3) is 5.91 Å². The van der Waals surface area contributed by atoms with Crippen LogP contribution in [0.15, 0.2) is 76.1 Å². The molecule has 1 aliphatic heterocycles. The number of aryl methyl sites for hydroxylation is 1. The van der Waals surface area contributed by atoms with E-state index < -0.39 is 6.04 Å². The SMILES string of the molecule is CCCCCOc1cccc(C2c3c(oc4ccc(C)cc4c3=O)C(=O)N2c2ccccn2)c1. The van der Waals surface area contributed by atoms with Crippen LogP contribution in [0.5, 0.6) is 5.75 Å². The fraction of sp³-hybridized carbons (Fsp3) is 0.250. The molecule has 5 rings (SSSR count). The second-order valence-corrected chi connectivity index (χ2v) is 8.57. The van der Waals surface area contributed by atoms with E-state index >= 15 is 0 Å². The molecule has 1 unspecified atom stereocenters. The molecule has 172 valence electrons. The van der Waals surface area contributed by atoms with Gasteiger partial charge in [-0.3, -0.25) is 14.5 Å². The largest absolute Gasteiger partial charge is 0.494 e. The Morgan fingerprint density at radius 1 is 1.03 bits per heavy atom. The summed E-state index contributed by atoms with van der Waals surface area (Å²) in [5.74, 6) is 0.841. The van der Waals surface area contributed by atoms with E-state index in [0.717, 1.165) is 30.4 Å². The van der Waals surface area contributed by atoms with Gasteiger partial charge in [-0.2, -0.15) is 0 Å². The minimum absolute atomic E-state index is 0.0614. The fourth-order valence-corrected chi connectivity index (χ4v) is 4.45. The predicted molar refractivity (Wildman–Crippen MR) is 132 cm³/mol. The number of carbonyl (C=O) groups excluding carboxylic acids is 1. The van der Waals surface area contributed by atoms with Gasteiger partial charge in [0.15, 0.2) is 5.43 Å². The molecule has 3 heterocycles. The molecule has 0 fully saturated rings. The van der Waals surface area contributed by atoms with Crippen LogP contribution < -0.4 is 15.1 Å². The zero-order valence-electron chi connectivity index (χ0n) is 19.3. The highest BCUT2D eigenvalue weighted by atomic mass is 16.5. The Labute approximate surface area is 197 Å². The Morgan fingerprint density at radius 2 is 1.91 bits per heavy atom. The summed E-state index contributed by atoms with van der Waals surface area (Å²) < 4.78 is 12.0. The van der Waals surface area contributed by atoms with Gasteiger partial charge in [0.1, 0.15) is 17.2 Å². The third kappa shape index (κ3) is 3.85. The van der Waals surface area contributed by atoms with Crippen molar-refractivity contribution < 1.29 is 13.9 Å². The first-order valence-corrected chi connectivity index (χ1v) is 11.6. The van der Waals surface area contributed by atoms with Crippen molar-refractivity contribution in [2.75, 3.05) is 11.5 Å². The quantitative estimate of drug-likeness (QED) is 0.329. The topological polar surface area (TPSA) is 72.6 Å². The Hall–Kier alpha value is -3.93. The van der Waals surface area contributed by atoms with E-state index in [-0.39, 0.29) is 17.1 Å². The Kier molecular flexibility index (Phi) is 5.88. The van der Waals surface area contributed by atoms with E-state index in [4.69, 9.17) is 9.15 Å². The van der Waals surface area contributed by atoms with Gasteiger partial charge in [-0.1, -0.05) is 49.6 Å². The van der Waals surface area contributed by atoms with Gasteiger partial charge in [0.05, 0.1) is 23.6 Å². The third-order valence-corrected chi connectivity index (χ3v) is 6.11. The predicted octanol–water partition coefficient (Wildman–Crippen LogP) is 5.82. The third-order valence-electron chi connectivity index (χ3n) is 6.11. The van der Waals surface area contributed by atoms with Crippen molar-refractivity contribution in [2.24, 2.45) is 0 Å². The van der Waals surface area contributed by atoms with Gasteiger partial charge in [-0.05, 0) is 55.3 Å². The summed E-state index contributed by atoms with van der Waals surface area (Å²) in [7, 11) is 0. The van der Waals surface area contributed by atoms with Crippen LogP contribution in [0.4, 0.5) is 5.82 Å². The maximum Gasteiger partial charge on any atom is 0.296 e. The highest BCUT2D eigenvalue weighted by molar-refractivity contribution is 6.10. The summed E-state index contributed by atoms with van der Waals surface area (Å²) in [6, 6.07) is 17.7. The fourth-order valence-electron chi connectivity index (χ4n) is 4.45. The molecule has 0 radical (unpaired) electrons. The molecule has 1 aliphatic rings. The Morgan fingerprint density at radius 3 is 2.71 bits per heavy atom. The molecular formula is C28H26N2O4. The van der Waals surface area contributed by atoms with E-state index in [1.54, 1.807) is 30.5 Å². The van der Waals surface area contributed by atoms with Gasteiger partial charge >= 0.3 is 0 Å². The second kappa shape index (κ2) is 9.14. The molecule has 0 spiro atoms. The second-order valence-electron chi connectivity index (χ2n) is 8.57. The number of rotatable bonds is 7.